The Morgan fingerprint density at radius 2 is 2.00 bits per heavy atom. The molecule has 0 aromatic heterocycles. The Balaban J connectivity index is 2.02. The van der Waals surface area contributed by atoms with Crippen LogP contribution in [0.25, 0.3) is 0 Å². The highest BCUT2D eigenvalue weighted by Gasteiger charge is 2.25. The van der Waals surface area contributed by atoms with Crippen LogP contribution in [0.2, 0.25) is 10.0 Å². The molecule has 1 aliphatic rings. The van der Waals surface area contributed by atoms with E-state index < -0.39 is 0 Å². The second-order valence-electron chi connectivity index (χ2n) is 4.78. The number of rotatable bonds is 2. The zero-order chi connectivity index (χ0) is 14.7. The summed E-state index contributed by atoms with van der Waals surface area (Å²) >= 11 is 16.8. The summed E-state index contributed by atoms with van der Waals surface area (Å²) in [5.74, 6) is 0.0902. The first-order valence-corrected chi connectivity index (χ1v) is 7.43. The molecule has 1 aromatic rings. The van der Waals surface area contributed by atoms with Gasteiger partial charge in [-0.05, 0) is 31.0 Å². The van der Waals surface area contributed by atoms with E-state index in [-0.39, 0.29) is 11.9 Å². The van der Waals surface area contributed by atoms with Gasteiger partial charge in [-0.25, -0.2) is 4.79 Å². The van der Waals surface area contributed by atoms with Crippen LogP contribution < -0.4 is 11.1 Å². The SMILES string of the molecule is NC(=S)C1CCCN(C(=O)Nc2cc(Cl)cc(Cl)c2)C1. The molecule has 0 radical (unpaired) electrons. The van der Waals surface area contributed by atoms with Crippen molar-refractivity contribution in [3.63, 3.8) is 0 Å². The molecule has 108 valence electrons. The number of carbonyl (C=O) groups is 1. The van der Waals surface area contributed by atoms with Gasteiger partial charge in [-0.2, -0.15) is 0 Å². The fraction of sp³-hybridized carbons (Fsp3) is 0.385. The predicted molar refractivity (Wildman–Crippen MR) is 86.6 cm³/mol. The number of nitrogens with one attached hydrogen (secondary N) is 1. The van der Waals surface area contributed by atoms with Crippen molar-refractivity contribution in [3.8, 4) is 0 Å². The van der Waals surface area contributed by atoms with Gasteiger partial charge < -0.3 is 16.0 Å². The number of urea groups is 1. The predicted octanol–water partition coefficient (Wildman–Crippen LogP) is 3.52. The normalized spacial score (nSPS) is 18.7. The number of nitrogens with zero attached hydrogens (tertiary/aromatic N) is 1. The van der Waals surface area contributed by atoms with Gasteiger partial charge in [0.05, 0.1) is 4.99 Å². The summed E-state index contributed by atoms with van der Waals surface area (Å²) in [7, 11) is 0. The van der Waals surface area contributed by atoms with Gasteiger partial charge in [-0.15, -0.1) is 0 Å². The molecule has 0 spiro atoms. The van der Waals surface area contributed by atoms with Crippen LogP contribution in [0.15, 0.2) is 18.2 Å². The van der Waals surface area contributed by atoms with E-state index in [0.717, 1.165) is 12.8 Å². The van der Waals surface area contributed by atoms with E-state index in [1.807, 2.05) is 0 Å². The third-order valence-electron chi connectivity index (χ3n) is 3.22. The number of nitrogens with two attached hydrogens (primary N) is 1. The number of hydrogen-bond donors (Lipinski definition) is 2. The van der Waals surface area contributed by atoms with Gasteiger partial charge in [-0.1, -0.05) is 35.4 Å². The standard InChI is InChI=1S/C13H15Cl2N3OS/c14-9-4-10(15)6-11(5-9)17-13(19)18-3-1-2-8(7-18)12(16)20/h4-6,8H,1-3,7H2,(H2,16,20)(H,17,19). The van der Waals surface area contributed by atoms with Crippen LogP contribution in [0, 0.1) is 5.92 Å². The molecule has 1 saturated heterocycles. The van der Waals surface area contributed by atoms with Gasteiger partial charge in [0.1, 0.15) is 0 Å². The summed E-state index contributed by atoms with van der Waals surface area (Å²) in [4.78, 5) is 14.4. The van der Waals surface area contributed by atoms with E-state index in [1.54, 1.807) is 23.1 Å². The van der Waals surface area contributed by atoms with Crippen LogP contribution >= 0.6 is 35.4 Å². The lowest BCUT2D eigenvalue weighted by Crippen LogP contribution is -2.45. The fourth-order valence-corrected chi connectivity index (χ4v) is 2.94. The minimum atomic E-state index is -0.190. The third kappa shape index (κ3) is 3.98. The van der Waals surface area contributed by atoms with Gasteiger partial charge in [0, 0.05) is 34.7 Å². The summed E-state index contributed by atoms with van der Waals surface area (Å²) in [6, 6.07) is 4.73. The Morgan fingerprint density at radius 1 is 1.35 bits per heavy atom. The average molecular weight is 332 g/mol. The van der Waals surface area contributed by atoms with Gasteiger partial charge in [0.25, 0.3) is 0 Å². The van der Waals surface area contributed by atoms with Gasteiger partial charge in [0.2, 0.25) is 0 Å². The number of thiocarbonyl (C=S) groups is 1. The first-order chi connectivity index (χ1) is 9.45. The lowest BCUT2D eigenvalue weighted by atomic mass is 9.98. The number of likely N-dealkylation sites (tertiary alicyclic amines) is 1. The Bertz CT molecular complexity index is 518. The van der Waals surface area contributed by atoms with Crippen LogP contribution in [-0.4, -0.2) is 29.0 Å². The van der Waals surface area contributed by atoms with E-state index in [2.05, 4.69) is 5.32 Å². The summed E-state index contributed by atoms with van der Waals surface area (Å²) in [5, 5.41) is 3.75. The number of halogens is 2. The number of anilines is 1. The molecular formula is C13H15Cl2N3OS. The molecule has 2 rings (SSSR count). The fourth-order valence-electron chi connectivity index (χ4n) is 2.22. The summed E-state index contributed by atoms with van der Waals surface area (Å²) in [5.41, 5.74) is 6.23. The van der Waals surface area contributed by atoms with Crippen molar-refractivity contribution < 1.29 is 4.79 Å². The quantitative estimate of drug-likeness (QED) is 0.815. The zero-order valence-corrected chi connectivity index (χ0v) is 13.1. The maximum Gasteiger partial charge on any atom is 0.321 e. The van der Waals surface area contributed by atoms with Crippen molar-refractivity contribution in [1.82, 2.24) is 4.90 Å². The monoisotopic (exact) mass is 331 g/mol. The molecule has 0 saturated carbocycles. The van der Waals surface area contributed by atoms with Crippen molar-refractivity contribution in [2.24, 2.45) is 11.7 Å². The first kappa shape index (κ1) is 15.4. The maximum absolute atomic E-state index is 12.2. The number of carbonyl (C=O) groups excluding carboxylic acids is 1. The molecule has 2 amide bonds. The number of hydrogen-bond acceptors (Lipinski definition) is 2. The summed E-state index contributed by atoms with van der Waals surface area (Å²) in [6.07, 6.45) is 1.83. The van der Waals surface area contributed by atoms with Gasteiger partial charge in [-0.3, -0.25) is 0 Å². The Labute approximate surface area is 133 Å². The Hall–Kier alpha value is -1.04. The van der Waals surface area contributed by atoms with E-state index in [9.17, 15) is 4.79 Å². The average Bonchev–Trinajstić information content (AvgIpc) is 2.37. The molecule has 20 heavy (non-hydrogen) atoms. The Kier molecular flexibility index (Phi) is 5.07. The summed E-state index contributed by atoms with van der Waals surface area (Å²) in [6.45, 7) is 1.24. The molecule has 0 aliphatic carbocycles. The van der Waals surface area contributed by atoms with E-state index >= 15 is 0 Å². The minimum absolute atomic E-state index is 0.0902. The highest BCUT2D eigenvalue weighted by molar-refractivity contribution is 7.80. The molecular weight excluding hydrogens is 317 g/mol. The summed E-state index contributed by atoms with van der Waals surface area (Å²) < 4.78 is 0. The minimum Gasteiger partial charge on any atom is -0.393 e. The van der Waals surface area contributed by atoms with Crippen LogP contribution in [0.5, 0.6) is 0 Å². The lowest BCUT2D eigenvalue weighted by Gasteiger charge is -2.32. The second kappa shape index (κ2) is 6.61. The molecule has 7 heteroatoms. The van der Waals surface area contributed by atoms with E-state index in [4.69, 9.17) is 41.2 Å². The van der Waals surface area contributed by atoms with Crippen LogP contribution in [0.4, 0.5) is 10.5 Å². The number of amides is 2. The van der Waals surface area contributed by atoms with Gasteiger partial charge >= 0.3 is 6.03 Å². The van der Waals surface area contributed by atoms with E-state index in [0.29, 0.717) is 33.8 Å². The lowest BCUT2D eigenvalue weighted by molar-refractivity contribution is 0.191. The number of benzene rings is 1. The van der Waals surface area contributed by atoms with Crippen molar-refractivity contribution in [3.05, 3.63) is 28.2 Å². The topological polar surface area (TPSA) is 58.4 Å². The third-order valence-corrected chi connectivity index (χ3v) is 3.99. The highest BCUT2D eigenvalue weighted by Crippen LogP contribution is 2.23. The largest absolute Gasteiger partial charge is 0.393 e. The van der Waals surface area contributed by atoms with Crippen LogP contribution in [0.3, 0.4) is 0 Å². The molecule has 4 nitrogen and oxygen atoms in total. The smallest absolute Gasteiger partial charge is 0.321 e. The van der Waals surface area contributed by atoms with Crippen molar-refractivity contribution in [2.45, 2.75) is 12.8 Å². The van der Waals surface area contributed by atoms with E-state index in [1.165, 1.54) is 0 Å². The molecule has 1 atom stereocenters. The van der Waals surface area contributed by atoms with Gasteiger partial charge in [0.15, 0.2) is 0 Å². The molecule has 1 aromatic carbocycles. The zero-order valence-electron chi connectivity index (χ0n) is 10.7. The molecule has 1 aliphatic heterocycles. The Morgan fingerprint density at radius 3 is 2.60 bits per heavy atom. The molecule has 1 unspecified atom stereocenters. The van der Waals surface area contributed by atoms with Crippen molar-refractivity contribution in [1.29, 1.82) is 0 Å². The van der Waals surface area contributed by atoms with Crippen LogP contribution in [0.1, 0.15) is 12.8 Å². The first-order valence-electron chi connectivity index (χ1n) is 6.27. The van der Waals surface area contributed by atoms with Crippen LogP contribution in [-0.2, 0) is 0 Å². The van der Waals surface area contributed by atoms with Crippen molar-refractivity contribution >= 4 is 52.1 Å². The molecule has 0 bridgehead atoms. The highest BCUT2D eigenvalue weighted by atomic mass is 35.5. The molecule has 1 fully saturated rings. The number of piperidine rings is 1. The molecule has 3 N–H and O–H groups in total. The molecule has 1 heterocycles. The maximum atomic E-state index is 12.2. The second-order valence-corrected chi connectivity index (χ2v) is 6.12. The van der Waals surface area contributed by atoms with Crippen molar-refractivity contribution in [2.75, 3.05) is 18.4 Å².